The summed E-state index contributed by atoms with van der Waals surface area (Å²) in [5, 5.41) is 22.9. The smallest absolute Gasteiger partial charge is 0.328 e. The van der Waals surface area contributed by atoms with E-state index in [1.807, 2.05) is 13.8 Å². The number of likely N-dealkylation sites (tertiary alicyclic amines) is 1. The molecule has 0 aliphatic carbocycles. The Labute approximate surface area is 174 Å². The molecule has 0 bridgehead atoms. The van der Waals surface area contributed by atoms with Gasteiger partial charge in [0.25, 0.3) is 0 Å². The van der Waals surface area contributed by atoms with Crippen LogP contribution in [0.3, 0.4) is 0 Å². The van der Waals surface area contributed by atoms with Gasteiger partial charge < -0.3 is 37.2 Å². The minimum Gasteiger partial charge on any atom is -0.480 e. The Morgan fingerprint density at radius 1 is 1.13 bits per heavy atom. The highest BCUT2D eigenvalue weighted by Crippen LogP contribution is 2.19. The third kappa shape index (κ3) is 7.26. The molecule has 0 radical (unpaired) electrons. The van der Waals surface area contributed by atoms with E-state index in [1.54, 1.807) is 0 Å². The molecular weight excluding hydrogens is 398 g/mol. The predicted molar refractivity (Wildman–Crippen MR) is 105 cm³/mol. The monoisotopic (exact) mass is 429 g/mol. The summed E-state index contributed by atoms with van der Waals surface area (Å²) in [6.07, 6.45) is 0.766. The Balaban J connectivity index is 2.89. The van der Waals surface area contributed by atoms with Gasteiger partial charge in [-0.05, 0) is 25.2 Å². The SMILES string of the molecule is CC(C)CC(NC(=O)C1CCCN1C(=O)C(N)CC(N)=O)C(=O)NC(CO)C(=O)O. The number of amides is 4. The van der Waals surface area contributed by atoms with E-state index in [2.05, 4.69) is 10.6 Å². The zero-order valence-electron chi connectivity index (χ0n) is 17.2. The molecule has 12 nitrogen and oxygen atoms in total. The average molecular weight is 429 g/mol. The zero-order valence-corrected chi connectivity index (χ0v) is 17.2. The Morgan fingerprint density at radius 3 is 2.27 bits per heavy atom. The van der Waals surface area contributed by atoms with E-state index >= 15 is 0 Å². The number of hydrogen-bond acceptors (Lipinski definition) is 7. The molecular formula is C18H31N5O7. The van der Waals surface area contributed by atoms with Crippen molar-refractivity contribution in [1.82, 2.24) is 15.5 Å². The maximum absolute atomic E-state index is 12.8. The van der Waals surface area contributed by atoms with Crippen molar-refractivity contribution in [2.75, 3.05) is 13.2 Å². The van der Waals surface area contributed by atoms with Crippen LogP contribution in [-0.2, 0) is 24.0 Å². The van der Waals surface area contributed by atoms with Crippen LogP contribution in [0, 0.1) is 5.92 Å². The molecule has 0 spiro atoms. The second-order valence-electron chi connectivity index (χ2n) is 7.74. The maximum atomic E-state index is 12.8. The molecule has 0 saturated carbocycles. The van der Waals surface area contributed by atoms with E-state index < -0.39 is 60.4 Å². The van der Waals surface area contributed by atoms with Gasteiger partial charge in [0.1, 0.15) is 18.1 Å². The van der Waals surface area contributed by atoms with E-state index in [4.69, 9.17) is 21.7 Å². The van der Waals surface area contributed by atoms with Crippen molar-refractivity contribution < 1.29 is 34.2 Å². The van der Waals surface area contributed by atoms with Gasteiger partial charge in [-0.2, -0.15) is 0 Å². The molecule has 12 heteroatoms. The van der Waals surface area contributed by atoms with Crippen LogP contribution in [-0.4, -0.2) is 82.0 Å². The van der Waals surface area contributed by atoms with Gasteiger partial charge in [0.05, 0.1) is 19.1 Å². The Kier molecular flexibility index (Phi) is 9.66. The lowest BCUT2D eigenvalue weighted by Crippen LogP contribution is -2.57. The Hall–Kier alpha value is -2.73. The molecule has 8 N–H and O–H groups in total. The van der Waals surface area contributed by atoms with Crippen molar-refractivity contribution in [2.45, 2.75) is 63.7 Å². The maximum Gasteiger partial charge on any atom is 0.328 e. The molecule has 1 aliphatic heterocycles. The van der Waals surface area contributed by atoms with Gasteiger partial charge in [-0.3, -0.25) is 19.2 Å². The van der Waals surface area contributed by atoms with Gasteiger partial charge in [-0.25, -0.2) is 4.79 Å². The largest absolute Gasteiger partial charge is 0.480 e. The van der Waals surface area contributed by atoms with Crippen LogP contribution in [0.2, 0.25) is 0 Å². The molecule has 0 aromatic rings. The Morgan fingerprint density at radius 2 is 1.77 bits per heavy atom. The van der Waals surface area contributed by atoms with Crippen LogP contribution in [0.1, 0.15) is 39.5 Å². The number of carbonyl (C=O) groups excluding carboxylic acids is 4. The van der Waals surface area contributed by atoms with Crippen LogP contribution in [0.4, 0.5) is 0 Å². The zero-order chi connectivity index (χ0) is 23.0. The second kappa shape index (κ2) is 11.5. The summed E-state index contributed by atoms with van der Waals surface area (Å²) in [6, 6.07) is -4.58. The van der Waals surface area contributed by atoms with Gasteiger partial charge >= 0.3 is 5.97 Å². The first-order valence-corrected chi connectivity index (χ1v) is 9.76. The van der Waals surface area contributed by atoms with Crippen LogP contribution >= 0.6 is 0 Å². The average Bonchev–Trinajstić information content (AvgIpc) is 3.13. The highest BCUT2D eigenvalue weighted by Gasteiger charge is 2.38. The number of rotatable bonds is 11. The van der Waals surface area contributed by atoms with Crippen molar-refractivity contribution in [3.05, 3.63) is 0 Å². The minimum absolute atomic E-state index is 0.0104. The number of aliphatic hydroxyl groups is 1. The molecule has 4 atom stereocenters. The number of carbonyl (C=O) groups is 5. The third-order valence-electron chi connectivity index (χ3n) is 4.71. The summed E-state index contributed by atoms with van der Waals surface area (Å²) in [5.41, 5.74) is 10.8. The summed E-state index contributed by atoms with van der Waals surface area (Å²) >= 11 is 0. The van der Waals surface area contributed by atoms with Crippen LogP contribution in [0.15, 0.2) is 0 Å². The van der Waals surface area contributed by atoms with Gasteiger partial charge in [-0.15, -0.1) is 0 Å². The van der Waals surface area contributed by atoms with E-state index in [-0.39, 0.29) is 25.3 Å². The van der Waals surface area contributed by atoms with E-state index in [0.29, 0.717) is 12.8 Å². The number of nitrogens with zero attached hydrogens (tertiary/aromatic N) is 1. The molecule has 4 unspecified atom stereocenters. The number of aliphatic carboxylic acids is 1. The van der Waals surface area contributed by atoms with E-state index in [0.717, 1.165) is 0 Å². The first-order chi connectivity index (χ1) is 14.0. The van der Waals surface area contributed by atoms with Crippen LogP contribution < -0.4 is 22.1 Å². The van der Waals surface area contributed by atoms with Crippen molar-refractivity contribution in [3.63, 3.8) is 0 Å². The standard InChI is InChI=1S/C18H31N5O7/c1-9(2)6-11(15(26)22-12(8-24)18(29)30)21-16(27)13-4-3-5-23(13)17(28)10(19)7-14(20)25/h9-13,24H,3-8,19H2,1-2H3,(H2,20,25)(H,21,27)(H,22,26)(H,29,30). The van der Waals surface area contributed by atoms with Crippen LogP contribution in [0.5, 0.6) is 0 Å². The normalized spacial score (nSPS) is 19.1. The fourth-order valence-electron chi connectivity index (χ4n) is 3.25. The molecule has 1 rings (SSSR count). The van der Waals surface area contributed by atoms with Gasteiger partial charge in [0.2, 0.25) is 23.6 Å². The lowest BCUT2D eigenvalue weighted by molar-refractivity contribution is -0.144. The summed E-state index contributed by atoms with van der Waals surface area (Å²) in [4.78, 5) is 61.1. The molecule has 1 saturated heterocycles. The molecule has 0 aromatic carbocycles. The molecule has 1 heterocycles. The van der Waals surface area contributed by atoms with E-state index in [1.165, 1.54) is 4.90 Å². The summed E-state index contributed by atoms with van der Waals surface area (Å²) in [5.74, 6) is -4.06. The number of nitrogens with two attached hydrogens (primary N) is 2. The highest BCUT2D eigenvalue weighted by molar-refractivity contribution is 5.95. The van der Waals surface area contributed by atoms with Crippen molar-refractivity contribution >= 4 is 29.6 Å². The highest BCUT2D eigenvalue weighted by atomic mass is 16.4. The van der Waals surface area contributed by atoms with Gasteiger partial charge in [0.15, 0.2) is 0 Å². The van der Waals surface area contributed by atoms with Crippen molar-refractivity contribution in [2.24, 2.45) is 17.4 Å². The predicted octanol–water partition coefficient (Wildman–Crippen LogP) is -2.73. The summed E-state index contributed by atoms with van der Waals surface area (Å²) in [6.45, 7) is 3.12. The first kappa shape index (κ1) is 25.3. The first-order valence-electron chi connectivity index (χ1n) is 9.76. The van der Waals surface area contributed by atoms with Crippen LogP contribution in [0.25, 0.3) is 0 Å². The number of nitrogens with one attached hydrogen (secondary N) is 2. The number of aliphatic hydroxyl groups excluding tert-OH is 1. The lowest BCUT2D eigenvalue weighted by Gasteiger charge is -2.28. The molecule has 1 fully saturated rings. The number of hydrogen-bond donors (Lipinski definition) is 6. The molecule has 170 valence electrons. The number of primary amides is 1. The molecule has 4 amide bonds. The second-order valence-corrected chi connectivity index (χ2v) is 7.74. The summed E-state index contributed by atoms with van der Waals surface area (Å²) in [7, 11) is 0. The minimum atomic E-state index is -1.50. The van der Waals surface area contributed by atoms with Crippen molar-refractivity contribution in [1.29, 1.82) is 0 Å². The molecule has 30 heavy (non-hydrogen) atoms. The lowest BCUT2D eigenvalue weighted by atomic mass is 10.0. The van der Waals surface area contributed by atoms with E-state index in [9.17, 15) is 24.0 Å². The number of carboxylic acid groups (broad SMARTS) is 1. The quantitative estimate of drug-likeness (QED) is 0.203. The fraction of sp³-hybridized carbons (Fsp3) is 0.722. The third-order valence-corrected chi connectivity index (χ3v) is 4.71. The molecule has 0 aromatic heterocycles. The summed E-state index contributed by atoms with van der Waals surface area (Å²) < 4.78 is 0. The van der Waals surface area contributed by atoms with Crippen molar-refractivity contribution in [3.8, 4) is 0 Å². The topological polar surface area (TPSA) is 205 Å². The van der Waals surface area contributed by atoms with Gasteiger partial charge in [0, 0.05) is 6.54 Å². The fourth-order valence-corrected chi connectivity index (χ4v) is 3.25. The molecule has 1 aliphatic rings. The Bertz CT molecular complexity index is 669. The number of carboxylic acids is 1. The van der Waals surface area contributed by atoms with Gasteiger partial charge in [-0.1, -0.05) is 13.8 Å².